The number of hydrogen-bond acceptors (Lipinski definition) is 6. The summed E-state index contributed by atoms with van der Waals surface area (Å²) in [6.45, 7) is 0.184. The maximum atomic E-state index is 13.1. The zero-order chi connectivity index (χ0) is 20.6. The Balaban J connectivity index is 1.53. The number of para-hydroxylation sites is 1. The molecule has 3 heterocycles. The maximum absolute atomic E-state index is 13.1. The van der Waals surface area contributed by atoms with Gasteiger partial charge in [-0.2, -0.15) is 8.75 Å². The Labute approximate surface area is 177 Å². The zero-order valence-corrected chi connectivity index (χ0v) is 17.3. The second-order valence-electron chi connectivity index (χ2n) is 6.87. The van der Waals surface area contributed by atoms with Crippen molar-refractivity contribution in [2.45, 2.75) is 10.8 Å². The predicted molar refractivity (Wildman–Crippen MR) is 117 cm³/mol. The van der Waals surface area contributed by atoms with E-state index >= 15 is 0 Å². The van der Waals surface area contributed by atoms with Crippen LogP contribution in [0.1, 0.15) is 17.0 Å². The molecule has 5 rings (SSSR count). The first kappa shape index (κ1) is 18.9. The zero-order valence-electron chi connectivity index (χ0n) is 15.7. The minimum Gasteiger partial charge on any atom is -0.361 e. The van der Waals surface area contributed by atoms with Crippen molar-refractivity contribution in [1.82, 2.24) is 23.4 Å². The van der Waals surface area contributed by atoms with Gasteiger partial charge in [0.25, 0.3) is 0 Å². The highest BCUT2D eigenvalue weighted by atomic mass is 32.2. The van der Waals surface area contributed by atoms with E-state index in [1.807, 2.05) is 42.6 Å². The molecule has 0 unspecified atom stereocenters. The number of aromatic amines is 1. The molecular formula is C21H17N5O2S2. The standard InChI is InChI=1S/C21H17N5O2S2/c27-30(28,20-9-3-8-19-21(20)26-29-25-19)24-13-16(14-5-4-10-22-11-14)17-12-23-18-7-2-1-6-15(17)18/h1-12,16,23-24H,13H2/t16-/m1/s1. The van der Waals surface area contributed by atoms with E-state index in [1.165, 1.54) is 0 Å². The lowest BCUT2D eigenvalue weighted by atomic mass is 9.92. The van der Waals surface area contributed by atoms with Crippen LogP contribution >= 0.6 is 11.7 Å². The predicted octanol–water partition coefficient (Wildman–Crippen LogP) is 3.68. The Hall–Kier alpha value is -3.14. The minimum atomic E-state index is -3.78. The van der Waals surface area contributed by atoms with Crippen LogP contribution in [0.15, 0.2) is 78.1 Å². The highest BCUT2D eigenvalue weighted by Crippen LogP contribution is 2.31. The maximum Gasteiger partial charge on any atom is 0.242 e. The molecular weight excluding hydrogens is 418 g/mol. The van der Waals surface area contributed by atoms with Gasteiger partial charge in [0, 0.05) is 42.0 Å². The van der Waals surface area contributed by atoms with Gasteiger partial charge in [-0.25, -0.2) is 13.1 Å². The Bertz CT molecular complexity index is 1430. The topological polar surface area (TPSA) is 101 Å². The van der Waals surface area contributed by atoms with Crippen molar-refractivity contribution >= 4 is 43.7 Å². The van der Waals surface area contributed by atoms with Crippen LogP contribution in [0.2, 0.25) is 0 Å². The van der Waals surface area contributed by atoms with Crippen LogP contribution in [0, 0.1) is 0 Å². The van der Waals surface area contributed by atoms with Gasteiger partial charge in [0.1, 0.15) is 15.9 Å². The van der Waals surface area contributed by atoms with E-state index in [0.717, 1.165) is 33.8 Å². The summed E-state index contributed by atoms with van der Waals surface area (Å²) in [6, 6.07) is 16.8. The number of H-pyrrole nitrogens is 1. The molecule has 0 saturated carbocycles. The number of hydrogen-bond donors (Lipinski definition) is 2. The number of rotatable bonds is 6. The van der Waals surface area contributed by atoms with Crippen LogP contribution in [-0.2, 0) is 10.0 Å². The van der Waals surface area contributed by atoms with Crippen molar-refractivity contribution in [2.75, 3.05) is 6.54 Å². The summed E-state index contributed by atoms with van der Waals surface area (Å²) in [5, 5.41) is 1.05. The van der Waals surface area contributed by atoms with Gasteiger partial charge in [-0.05, 0) is 35.4 Å². The van der Waals surface area contributed by atoms with Crippen LogP contribution in [0.4, 0.5) is 0 Å². The third-order valence-corrected chi connectivity index (χ3v) is 7.10. The fraction of sp³-hybridized carbons (Fsp3) is 0.0952. The molecule has 7 nitrogen and oxygen atoms in total. The van der Waals surface area contributed by atoms with E-state index in [2.05, 4.69) is 23.4 Å². The van der Waals surface area contributed by atoms with E-state index in [9.17, 15) is 8.42 Å². The van der Waals surface area contributed by atoms with Crippen LogP contribution < -0.4 is 4.72 Å². The molecule has 1 atom stereocenters. The Kier molecular flexibility index (Phi) is 4.78. The molecule has 0 amide bonds. The first-order valence-electron chi connectivity index (χ1n) is 9.30. The monoisotopic (exact) mass is 435 g/mol. The minimum absolute atomic E-state index is 0.137. The van der Waals surface area contributed by atoms with Crippen LogP contribution in [0.25, 0.3) is 21.9 Å². The Morgan fingerprint density at radius 2 is 1.93 bits per heavy atom. The quantitative estimate of drug-likeness (QED) is 0.424. The largest absolute Gasteiger partial charge is 0.361 e. The molecule has 0 radical (unpaired) electrons. The number of fused-ring (bicyclic) bond motifs is 2. The highest BCUT2D eigenvalue weighted by Gasteiger charge is 2.24. The molecule has 0 saturated heterocycles. The molecule has 0 aliphatic carbocycles. The average Bonchev–Trinajstić information content (AvgIpc) is 3.42. The lowest BCUT2D eigenvalue weighted by molar-refractivity contribution is 0.578. The molecule has 0 aliphatic heterocycles. The molecule has 0 fully saturated rings. The summed E-state index contributed by atoms with van der Waals surface area (Å²) in [5.74, 6) is -0.211. The molecule has 0 bridgehead atoms. The smallest absolute Gasteiger partial charge is 0.242 e. The van der Waals surface area contributed by atoms with E-state index in [4.69, 9.17) is 0 Å². The van der Waals surface area contributed by atoms with Crippen molar-refractivity contribution in [3.05, 3.63) is 84.3 Å². The third kappa shape index (κ3) is 3.36. The Morgan fingerprint density at radius 3 is 2.80 bits per heavy atom. The second kappa shape index (κ2) is 7.60. The molecule has 30 heavy (non-hydrogen) atoms. The second-order valence-corrected chi connectivity index (χ2v) is 9.13. The van der Waals surface area contributed by atoms with Crippen molar-refractivity contribution in [3.8, 4) is 0 Å². The third-order valence-electron chi connectivity index (χ3n) is 5.10. The number of nitrogens with zero attached hydrogens (tertiary/aromatic N) is 3. The Morgan fingerprint density at radius 1 is 1.03 bits per heavy atom. The molecule has 0 spiro atoms. The van der Waals surface area contributed by atoms with Gasteiger partial charge in [0.15, 0.2) is 0 Å². The van der Waals surface area contributed by atoms with Gasteiger partial charge >= 0.3 is 0 Å². The van der Waals surface area contributed by atoms with Crippen molar-refractivity contribution < 1.29 is 8.42 Å². The molecule has 9 heteroatoms. The SMILES string of the molecule is O=S(=O)(NC[C@H](c1cccnc1)c1c[nH]c2ccccc12)c1cccc2nsnc12. The lowest BCUT2D eigenvalue weighted by Gasteiger charge is -2.18. The molecule has 2 N–H and O–H groups in total. The fourth-order valence-electron chi connectivity index (χ4n) is 3.64. The number of nitrogens with one attached hydrogen (secondary N) is 2. The van der Waals surface area contributed by atoms with Gasteiger partial charge in [-0.15, -0.1) is 0 Å². The normalized spacial score (nSPS) is 13.1. The fourth-order valence-corrected chi connectivity index (χ4v) is 5.45. The first-order valence-corrected chi connectivity index (χ1v) is 11.5. The number of aromatic nitrogens is 4. The van der Waals surface area contributed by atoms with Gasteiger partial charge in [-0.3, -0.25) is 4.98 Å². The average molecular weight is 436 g/mol. The summed E-state index contributed by atoms with van der Waals surface area (Å²) < 4.78 is 37.3. The summed E-state index contributed by atoms with van der Waals surface area (Å²) >= 11 is 0.999. The highest BCUT2D eigenvalue weighted by molar-refractivity contribution is 7.89. The van der Waals surface area contributed by atoms with Gasteiger partial charge < -0.3 is 4.98 Å². The molecule has 5 aromatic rings. The van der Waals surface area contributed by atoms with Gasteiger partial charge in [-0.1, -0.05) is 30.3 Å². The summed E-state index contributed by atoms with van der Waals surface area (Å²) in [4.78, 5) is 7.64. The van der Waals surface area contributed by atoms with E-state index in [1.54, 1.807) is 30.6 Å². The van der Waals surface area contributed by atoms with Crippen molar-refractivity contribution in [3.63, 3.8) is 0 Å². The molecule has 2 aromatic carbocycles. The molecule has 150 valence electrons. The van der Waals surface area contributed by atoms with Gasteiger partial charge in [0.05, 0.1) is 11.7 Å². The summed E-state index contributed by atoms with van der Waals surface area (Å²) in [7, 11) is -3.78. The van der Waals surface area contributed by atoms with Crippen LogP contribution in [0.3, 0.4) is 0 Å². The number of sulfonamides is 1. The van der Waals surface area contributed by atoms with E-state index < -0.39 is 10.0 Å². The van der Waals surface area contributed by atoms with E-state index in [0.29, 0.717) is 11.0 Å². The number of benzene rings is 2. The van der Waals surface area contributed by atoms with Crippen molar-refractivity contribution in [1.29, 1.82) is 0 Å². The van der Waals surface area contributed by atoms with E-state index in [-0.39, 0.29) is 17.4 Å². The summed E-state index contributed by atoms with van der Waals surface area (Å²) in [6.07, 6.45) is 5.41. The molecule has 3 aromatic heterocycles. The van der Waals surface area contributed by atoms with Crippen LogP contribution in [-0.4, -0.2) is 33.7 Å². The summed E-state index contributed by atoms with van der Waals surface area (Å²) in [5.41, 5.74) is 3.90. The van der Waals surface area contributed by atoms with Crippen LogP contribution in [0.5, 0.6) is 0 Å². The molecule has 0 aliphatic rings. The van der Waals surface area contributed by atoms with Crippen molar-refractivity contribution in [2.24, 2.45) is 0 Å². The van der Waals surface area contributed by atoms with Gasteiger partial charge in [0.2, 0.25) is 10.0 Å². The first-order chi connectivity index (χ1) is 14.6. The number of pyridine rings is 1. The lowest BCUT2D eigenvalue weighted by Crippen LogP contribution is -2.29.